The molecule has 0 saturated carbocycles. The van der Waals surface area contributed by atoms with Crippen LogP contribution >= 0.6 is 15.9 Å². The predicted molar refractivity (Wildman–Crippen MR) is 50.2 cm³/mol. The van der Waals surface area contributed by atoms with Gasteiger partial charge in [-0.3, -0.25) is 0 Å². The average molecular weight is 324 g/mol. The predicted octanol–water partition coefficient (Wildman–Crippen LogP) is 3.95. The Morgan fingerprint density at radius 2 is 1.59 bits per heavy atom. The largest absolute Gasteiger partial charge is 0.573 e. The van der Waals surface area contributed by atoms with Gasteiger partial charge in [-0.2, -0.15) is 13.2 Å². The van der Waals surface area contributed by atoms with Crippen LogP contribution in [0.2, 0.25) is 0 Å². The van der Waals surface area contributed by atoms with Crippen molar-refractivity contribution in [3.8, 4) is 5.75 Å². The molecule has 0 aliphatic rings. The van der Waals surface area contributed by atoms with Gasteiger partial charge in [0.05, 0.1) is 4.47 Å². The summed E-state index contributed by atoms with van der Waals surface area (Å²) in [7, 11) is 0. The molecule has 1 aromatic rings. The second kappa shape index (κ2) is 4.28. The lowest BCUT2D eigenvalue weighted by Gasteiger charge is -2.17. The van der Waals surface area contributed by atoms with Crippen LogP contribution in [0, 0.1) is 0 Å². The molecule has 17 heavy (non-hydrogen) atoms. The highest BCUT2D eigenvalue weighted by Gasteiger charge is 2.41. The number of halogens is 7. The lowest BCUT2D eigenvalue weighted by atomic mass is 10.1. The zero-order chi connectivity index (χ0) is 13.4. The second-order valence-corrected chi connectivity index (χ2v) is 3.68. The molecule has 1 rings (SSSR count). The number of alkyl halides is 6. The van der Waals surface area contributed by atoms with Crippen LogP contribution in [0.1, 0.15) is 5.56 Å². The van der Waals surface area contributed by atoms with Gasteiger partial charge in [-0.05, 0) is 28.1 Å². The van der Waals surface area contributed by atoms with Crippen LogP contribution in [0.4, 0.5) is 32.0 Å². The molecule has 0 fully saturated rings. The van der Waals surface area contributed by atoms with Crippen LogP contribution in [0.3, 0.4) is 0 Å². The van der Waals surface area contributed by atoms with E-state index in [1.165, 1.54) is 0 Å². The number of rotatable bonds is 1. The molecule has 9 heteroatoms. The molecule has 2 nitrogen and oxygen atoms in total. The van der Waals surface area contributed by atoms with Crippen molar-refractivity contribution in [2.45, 2.75) is 12.5 Å². The number of hydrogen-bond acceptors (Lipinski definition) is 2. The molecular formula is C8H4BrF6NO. The van der Waals surface area contributed by atoms with Crippen LogP contribution in [0.25, 0.3) is 0 Å². The van der Waals surface area contributed by atoms with Gasteiger partial charge in [0, 0.05) is 5.69 Å². The topological polar surface area (TPSA) is 35.2 Å². The van der Waals surface area contributed by atoms with Gasteiger partial charge in [-0.25, -0.2) is 0 Å². The highest BCUT2D eigenvalue weighted by molar-refractivity contribution is 9.10. The number of ether oxygens (including phenoxy) is 1. The lowest BCUT2D eigenvalue weighted by Crippen LogP contribution is -2.20. The van der Waals surface area contributed by atoms with Gasteiger partial charge in [0.25, 0.3) is 0 Å². The molecule has 1 aromatic carbocycles. The van der Waals surface area contributed by atoms with Crippen LogP contribution in [0.15, 0.2) is 16.6 Å². The van der Waals surface area contributed by atoms with E-state index in [-0.39, 0.29) is 5.69 Å². The Balaban J connectivity index is 3.36. The number of anilines is 1. The van der Waals surface area contributed by atoms with Crippen molar-refractivity contribution in [1.29, 1.82) is 0 Å². The van der Waals surface area contributed by atoms with Gasteiger partial charge in [-0.15, -0.1) is 13.2 Å². The molecule has 0 aromatic heterocycles. The van der Waals surface area contributed by atoms with Crippen molar-refractivity contribution in [2.75, 3.05) is 5.73 Å². The summed E-state index contributed by atoms with van der Waals surface area (Å²) in [6.07, 6.45) is -10.2. The molecule has 2 N–H and O–H groups in total. The van der Waals surface area contributed by atoms with Gasteiger partial charge in [0.2, 0.25) is 0 Å². The fraction of sp³-hybridized carbons (Fsp3) is 0.250. The zero-order valence-electron chi connectivity index (χ0n) is 7.79. The average Bonchev–Trinajstić information content (AvgIpc) is 2.06. The summed E-state index contributed by atoms with van der Waals surface area (Å²) in [5, 5.41) is 0. The summed E-state index contributed by atoms with van der Waals surface area (Å²) in [6, 6.07) is 1.39. The highest BCUT2D eigenvalue weighted by Crippen LogP contribution is 2.44. The van der Waals surface area contributed by atoms with E-state index in [2.05, 4.69) is 20.7 Å². The highest BCUT2D eigenvalue weighted by atomic mass is 79.9. The van der Waals surface area contributed by atoms with E-state index < -0.39 is 28.3 Å². The van der Waals surface area contributed by atoms with Crippen LogP contribution in [0.5, 0.6) is 5.75 Å². The first kappa shape index (κ1) is 13.9. The standard InChI is InChI=1S/C8H4BrF6NO/c9-6-3(16)1-2-4(17-8(13,14)15)5(6)7(10,11)12/h1-2H,16H2. The van der Waals surface area contributed by atoms with Crippen molar-refractivity contribution in [3.05, 3.63) is 22.2 Å². The molecule has 0 bridgehead atoms. The van der Waals surface area contributed by atoms with Crippen molar-refractivity contribution < 1.29 is 31.1 Å². The Labute approximate surface area is 99.5 Å². The maximum absolute atomic E-state index is 12.5. The molecule has 0 atom stereocenters. The molecule has 0 heterocycles. The van der Waals surface area contributed by atoms with E-state index in [1.54, 1.807) is 0 Å². The summed E-state index contributed by atoms with van der Waals surface area (Å²) in [5.41, 5.74) is 3.22. The van der Waals surface area contributed by atoms with Crippen molar-refractivity contribution >= 4 is 21.6 Å². The first-order valence-corrected chi connectivity index (χ1v) is 4.72. The quantitative estimate of drug-likeness (QED) is 0.627. The molecule has 0 amide bonds. The molecule has 0 radical (unpaired) electrons. The first-order chi connectivity index (χ1) is 7.52. The summed E-state index contributed by atoms with van der Waals surface area (Å²) in [6.45, 7) is 0. The summed E-state index contributed by atoms with van der Waals surface area (Å²) >= 11 is 2.48. The van der Waals surface area contributed by atoms with E-state index in [9.17, 15) is 26.3 Å². The van der Waals surface area contributed by atoms with Crippen molar-refractivity contribution in [1.82, 2.24) is 0 Å². The van der Waals surface area contributed by atoms with E-state index in [1.807, 2.05) is 0 Å². The summed E-state index contributed by atoms with van der Waals surface area (Å²) in [4.78, 5) is 0. The summed E-state index contributed by atoms with van der Waals surface area (Å²) in [5.74, 6) is -1.36. The second-order valence-electron chi connectivity index (χ2n) is 2.89. The van der Waals surface area contributed by atoms with Gasteiger partial charge in [0.15, 0.2) is 0 Å². The van der Waals surface area contributed by atoms with Gasteiger partial charge >= 0.3 is 12.5 Å². The monoisotopic (exact) mass is 323 g/mol. The Kier molecular flexibility index (Phi) is 3.51. The molecular weight excluding hydrogens is 320 g/mol. The Morgan fingerprint density at radius 3 is 2.00 bits per heavy atom. The number of nitrogen functional groups attached to an aromatic ring is 1. The normalized spacial score (nSPS) is 12.6. The molecule has 0 aliphatic carbocycles. The minimum atomic E-state index is -5.21. The lowest BCUT2D eigenvalue weighted by molar-refractivity contribution is -0.276. The number of benzene rings is 1. The van der Waals surface area contributed by atoms with E-state index in [0.717, 1.165) is 6.07 Å². The minimum absolute atomic E-state index is 0.341. The van der Waals surface area contributed by atoms with Crippen molar-refractivity contribution in [3.63, 3.8) is 0 Å². The fourth-order valence-corrected chi connectivity index (χ4v) is 1.60. The Bertz CT molecular complexity index is 427. The number of hydrogen-bond donors (Lipinski definition) is 1. The van der Waals surface area contributed by atoms with Gasteiger partial charge in [0.1, 0.15) is 11.3 Å². The van der Waals surface area contributed by atoms with Gasteiger partial charge in [-0.1, -0.05) is 0 Å². The molecule has 0 unspecified atom stereocenters. The first-order valence-electron chi connectivity index (χ1n) is 3.93. The minimum Gasteiger partial charge on any atom is -0.405 e. The van der Waals surface area contributed by atoms with Crippen LogP contribution in [-0.2, 0) is 6.18 Å². The SMILES string of the molecule is Nc1ccc(OC(F)(F)F)c(C(F)(F)F)c1Br. The maximum atomic E-state index is 12.5. The third-order valence-corrected chi connectivity index (χ3v) is 2.50. The number of nitrogens with two attached hydrogens (primary N) is 1. The Morgan fingerprint density at radius 1 is 1.06 bits per heavy atom. The molecule has 0 saturated heterocycles. The molecule has 96 valence electrons. The summed E-state index contributed by atoms with van der Waals surface area (Å²) < 4.78 is 75.9. The van der Waals surface area contributed by atoms with E-state index in [0.29, 0.717) is 6.07 Å². The molecule has 0 aliphatic heterocycles. The Hall–Kier alpha value is -1.12. The van der Waals surface area contributed by atoms with E-state index in [4.69, 9.17) is 5.73 Å². The zero-order valence-corrected chi connectivity index (χ0v) is 9.37. The van der Waals surface area contributed by atoms with E-state index >= 15 is 0 Å². The van der Waals surface area contributed by atoms with Crippen LogP contribution < -0.4 is 10.5 Å². The van der Waals surface area contributed by atoms with Crippen molar-refractivity contribution in [2.24, 2.45) is 0 Å². The van der Waals surface area contributed by atoms with Crippen LogP contribution in [-0.4, -0.2) is 6.36 Å². The third-order valence-electron chi connectivity index (χ3n) is 1.64. The molecule has 0 spiro atoms. The fourth-order valence-electron chi connectivity index (χ4n) is 1.05. The third kappa shape index (κ3) is 3.42. The maximum Gasteiger partial charge on any atom is 0.573 e. The van der Waals surface area contributed by atoms with Gasteiger partial charge < -0.3 is 10.5 Å². The smallest absolute Gasteiger partial charge is 0.405 e.